The van der Waals surface area contributed by atoms with Gasteiger partial charge >= 0.3 is 0 Å². The summed E-state index contributed by atoms with van der Waals surface area (Å²) in [7, 11) is 0. The van der Waals surface area contributed by atoms with Crippen molar-refractivity contribution < 1.29 is 4.74 Å². The zero-order chi connectivity index (χ0) is 16.2. The SMILES string of the molecule is CCCCCCCCNCc1ccc(OCc2cccs2)cc1.Cl. The minimum absolute atomic E-state index is 0. The number of hydrogen-bond donors (Lipinski definition) is 1. The molecule has 0 fully saturated rings. The van der Waals surface area contributed by atoms with E-state index in [4.69, 9.17) is 4.74 Å². The predicted octanol–water partition coefficient (Wildman–Crippen LogP) is 6.20. The lowest BCUT2D eigenvalue weighted by atomic mass is 10.1. The Labute approximate surface area is 157 Å². The summed E-state index contributed by atoms with van der Waals surface area (Å²) >= 11 is 1.73. The number of hydrogen-bond acceptors (Lipinski definition) is 3. The number of rotatable bonds is 12. The van der Waals surface area contributed by atoms with Crippen LogP contribution in [-0.2, 0) is 13.2 Å². The topological polar surface area (TPSA) is 21.3 Å². The van der Waals surface area contributed by atoms with E-state index in [2.05, 4.69) is 54.0 Å². The molecule has 0 amide bonds. The zero-order valence-corrected chi connectivity index (χ0v) is 16.3. The number of nitrogens with one attached hydrogen (secondary N) is 1. The first-order chi connectivity index (χ1) is 11.4. The summed E-state index contributed by atoms with van der Waals surface area (Å²) < 4.78 is 5.79. The van der Waals surface area contributed by atoms with Crippen LogP contribution in [0, 0.1) is 0 Å². The van der Waals surface area contributed by atoms with E-state index in [1.165, 1.54) is 49.0 Å². The van der Waals surface area contributed by atoms with Gasteiger partial charge in [0.05, 0.1) is 0 Å². The van der Waals surface area contributed by atoms with Gasteiger partial charge in [-0.25, -0.2) is 0 Å². The highest BCUT2D eigenvalue weighted by Crippen LogP contribution is 2.16. The Morgan fingerprint density at radius 1 is 0.958 bits per heavy atom. The largest absolute Gasteiger partial charge is 0.488 e. The van der Waals surface area contributed by atoms with Crippen LogP contribution >= 0.6 is 23.7 Å². The highest BCUT2D eigenvalue weighted by molar-refractivity contribution is 7.09. The summed E-state index contributed by atoms with van der Waals surface area (Å²) in [5.74, 6) is 0.943. The van der Waals surface area contributed by atoms with Crippen LogP contribution in [0.5, 0.6) is 5.75 Å². The Balaban J connectivity index is 0.00000288. The lowest BCUT2D eigenvalue weighted by Gasteiger charge is -2.07. The quantitative estimate of drug-likeness (QED) is 0.451. The molecule has 1 N–H and O–H groups in total. The molecule has 1 heterocycles. The fourth-order valence-corrected chi connectivity index (χ4v) is 3.13. The molecule has 0 atom stereocenters. The second kappa shape index (κ2) is 13.3. The molecule has 1 aromatic heterocycles. The molecular formula is C20H30ClNOS. The van der Waals surface area contributed by atoms with E-state index in [1.54, 1.807) is 11.3 Å². The maximum atomic E-state index is 5.79. The van der Waals surface area contributed by atoms with Crippen molar-refractivity contribution in [3.8, 4) is 5.75 Å². The molecule has 2 aromatic rings. The van der Waals surface area contributed by atoms with Gasteiger partial charge in [-0.2, -0.15) is 0 Å². The Morgan fingerprint density at radius 2 is 1.71 bits per heavy atom. The predicted molar refractivity (Wildman–Crippen MR) is 107 cm³/mol. The van der Waals surface area contributed by atoms with Gasteiger partial charge in [0.25, 0.3) is 0 Å². The highest BCUT2D eigenvalue weighted by atomic mass is 35.5. The van der Waals surface area contributed by atoms with Gasteiger partial charge in [0, 0.05) is 11.4 Å². The van der Waals surface area contributed by atoms with Gasteiger partial charge in [-0.15, -0.1) is 23.7 Å². The Morgan fingerprint density at radius 3 is 2.42 bits per heavy atom. The van der Waals surface area contributed by atoms with Crippen molar-refractivity contribution in [2.24, 2.45) is 0 Å². The molecule has 134 valence electrons. The Kier molecular flexibility index (Phi) is 11.6. The maximum Gasteiger partial charge on any atom is 0.122 e. The van der Waals surface area contributed by atoms with Crippen molar-refractivity contribution in [2.75, 3.05) is 6.54 Å². The summed E-state index contributed by atoms with van der Waals surface area (Å²) in [6.45, 7) is 4.98. The molecule has 0 unspecified atom stereocenters. The standard InChI is InChI=1S/C20H29NOS.ClH/c1-2-3-4-5-6-7-14-21-16-18-10-12-19(13-11-18)22-17-20-9-8-15-23-20;/h8-13,15,21H,2-7,14,16-17H2,1H3;1H. The third kappa shape index (κ3) is 8.72. The van der Waals surface area contributed by atoms with Gasteiger partial charge in [0.2, 0.25) is 0 Å². The number of ether oxygens (including phenoxy) is 1. The van der Waals surface area contributed by atoms with Crippen LogP contribution in [0.25, 0.3) is 0 Å². The first-order valence-corrected chi connectivity index (χ1v) is 9.71. The smallest absolute Gasteiger partial charge is 0.122 e. The number of unbranched alkanes of at least 4 members (excludes halogenated alkanes) is 5. The maximum absolute atomic E-state index is 5.79. The molecule has 0 saturated heterocycles. The molecule has 0 radical (unpaired) electrons. The summed E-state index contributed by atoms with van der Waals surface area (Å²) in [6.07, 6.45) is 8.11. The van der Waals surface area contributed by atoms with Crippen LogP contribution in [0.3, 0.4) is 0 Å². The van der Waals surface area contributed by atoms with E-state index in [0.717, 1.165) is 18.8 Å². The minimum atomic E-state index is 0. The van der Waals surface area contributed by atoms with Gasteiger partial charge in [0.15, 0.2) is 0 Å². The average molecular weight is 368 g/mol. The van der Waals surface area contributed by atoms with Crippen molar-refractivity contribution in [2.45, 2.75) is 58.6 Å². The van der Waals surface area contributed by atoms with Crippen LogP contribution in [0.4, 0.5) is 0 Å². The van der Waals surface area contributed by atoms with Crippen LogP contribution in [0.1, 0.15) is 55.9 Å². The van der Waals surface area contributed by atoms with E-state index in [-0.39, 0.29) is 12.4 Å². The van der Waals surface area contributed by atoms with Crippen molar-refractivity contribution in [3.63, 3.8) is 0 Å². The lowest BCUT2D eigenvalue weighted by molar-refractivity contribution is 0.309. The fraction of sp³-hybridized carbons (Fsp3) is 0.500. The first-order valence-electron chi connectivity index (χ1n) is 8.83. The number of thiophene rings is 1. The molecule has 0 aliphatic carbocycles. The van der Waals surface area contributed by atoms with E-state index in [0.29, 0.717) is 6.61 Å². The second-order valence-electron chi connectivity index (χ2n) is 5.96. The first kappa shape index (κ1) is 21.0. The summed E-state index contributed by atoms with van der Waals surface area (Å²) in [4.78, 5) is 1.26. The van der Waals surface area contributed by atoms with Crippen LogP contribution in [0.2, 0.25) is 0 Å². The number of halogens is 1. The molecule has 4 heteroatoms. The molecule has 2 rings (SSSR count). The molecule has 0 aliphatic heterocycles. The Bertz CT molecular complexity index is 513. The van der Waals surface area contributed by atoms with E-state index >= 15 is 0 Å². The number of benzene rings is 1. The monoisotopic (exact) mass is 367 g/mol. The van der Waals surface area contributed by atoms with Gasteiger partial charge in [0.1, 0.15) is 12.4 Å². The van der Waals surface area contributed by atoms with Crippen LogP contribution in [0.15, 0.2) is 41.8 Å². The van der Waals surface area contributed by atoms with E-state index in [9.17, 15) is 0 Å². The molecule has 1 aromatic carbocycles. The van der Waals surface area contributed by atoms with Crippen molar-refractivity contribution >= 4 is 23.7 Å². The molecular weight excluding hydrogens is 338 g/mol. The summed E-state index contributed by atoms with van der Waals surface area (Å²) in [6, 6.07) is 12.6. The molecule has 0 bridgehead atoms. The lowest BCUT2D eigenvalue weighted by Crippen LogP contribution is -2.14. The Hall–Kier alpha value is -1.03. The summed E-state index contributed by atoms with van der Waals surface area (Å²) in [5.41, 5.74) is 1.32. The molecule has 0 aliphatic rings. The van der Waals surface area contributed by atoms with Crippen LogP contribution in [-0.4, -0.2) is 6.54 Å². The average Bonchev–Trinajstić information content (AvgIpc) is 3.10. The fourth-order valence-electron chi connectivity index (χ4n) is 2.52. The third-order valence-corrected chi connectivity index (χ3v) is 4.77. The zero-order valence-electron chi connectivity index (χ0n) is 14.6. The van der Waals surface area contributed by atoms with Gasteiger partial charge < -0.3 is 10.1 Å². The van der Waals surface area contributed by atoms with Gasteiger partial charge in [-0.1, -0.05) is 57.2 Å². The molecule has 24 heavy (non-hydrogen) atoms. The minimum Gasteiger partial charge on any atom is -0.488 e. The normalized spacial score (nSPS) is 10.4. The summed E-state index contributed by atoms with van der Waals surface area (Å²) in [5, 5.41) is 5.61. The van der Waals surface area contributed by atoms with Crippen molar-refractivity contribution in [1.29, 1.82) is 0 Å². The second-order valence-corrected chi connectivity index (χ2v) is 6.99. The van der Waals surface area contributed by atoms with Crippen LogP contribution < -0.4 is 10.1 Å². The molecule has 0 saturated carbocycles. The van der Waals surface area contributed by atoms with E-state index < -0.39 is 0 Å². The molecule has 2 nitrogen and oxygen atoms in total. The van der Waals surface area contributed by atoms with Crippen molar-refractivity contribution in [1.82, 2.24) is 5.32 Å². The molecule has 0 spiro atoms. The van der Waals surface area contributed by atoms with E-state index in [1.807, 2.05) is 0 Å². The third-order valence-electron chi connectivity index (χ3n) is 3.92. The highest BCUT2D eigenvalue weighted by Gasteiger charge is 1.98. The van der Waals surface area contributed by atoms with Crippen molar-refractivity contribution in [3.05, 3.63) is 52.2 Å². The van der Waals surface area contributed by atoms with Gasteiger partial charge in [-0.05, 0) is 42.1 Å². The van der Waals surface area contributed by atoms with Gasteiger partial charge in [-0.3, -0.25) is 0 Å².